The Labute approximate surface area is 131 Å². The minimum Gasteiger partial charge on any atom is -0.221 e. The van der Waals surface area contributed by atoms with Gasteiger partial charge >= 0.3 is 0 Å². The summed E-state index contributed by atoms with van der Waals surface area (Å²) in [6, 6.07) is 14.2. The summed E-state index contributed by atoms with van der Waals surface area (Å²) in [6.45, 7) is 1.89. The molecule has 0 unspecified atom stereocenters. The van der Waals surface area contributed by atoms with Crippen LogP contribution in [0.25, 0.3) is 16.9 Å². The lowest BCUT2D eigenvalue weighted by Gasteiger charge is -2.04. The Morgan fingerprint density at radius 3 is 2.43 bits per heavy atom. The lowest BCUT2D eigenvalue weighted by atomic mass is 10.1. The predicted molar refractivity (Wildman–Crippen MR) is 83.7 cm³/mol. The fraction of sp³-hybridized carbons (Fsp3) is 0.0625. The van der Waals surface area contributed by atoms with Gasteiger partial charge in [0.2, 0.25) is 0 Å². The smallest absolute Gasteiger partial charge is 0.143 e. The van der Waals surface area contributed by atoms with E-state index < -0.39 is 5.82 Å². The van der Waals surface area contributed by atoms with Gasteiger partial charge in [-0.25, -0.2) is 9.07 Å². The molecule has 0 amide bonds. The molecule has 0 radical (unpaired) electrons. The molecule has 0 aliphatic carbocycles. The minimum atomic E-state index is -0.500. The number of benzene rings is 2. The molecule has 0 fully saturated rings. The quantitative estimate of drug-likeness (QED) is 0.627. The van der Waals surface area contributed by atoms with E-state index in [1.165, 1.54) is 16.8 Å². The van der Waals surface area contributed by atoms with E-state index in [1.807, 2.05) is 37.3 Å². The normalized spacial score (nSPS) is 10.9. The first-order chi connectivity index (χ1) is 10.1. The fourth-order valence-electron chi connectivity index (χ4n) is 2.13. The molecular weight excluding hydrogens is 310 g/mol. The SMILES string of the molecule is Cc1c(-c2ccccc2)nn(-c2ccc(Cl)c(F)c2)c1Cl. The maximum Gasteiger partial charge on any atom is 0.143 e. The van der Waals surface area contributed by atoms with Crippen LogP contribution in [0.15, 0.2) is 48.5 Å². The van der Waals surface area contributed by atoms with Crippen LogP contribution in [0.5, 0.6) is 0 Å². The second kappa shape index (κ2) is 5.51. The second-order valence-electron chi connectivity index (χ2n) is 4.64. The molecule has 0 aliphatic rings. The van der Waals surface area contributed by atoms with Crippen LogP contribution in [0.4, 0.5) is 4.39 Å². The molecule has 1 aromatic heterocycles. The summed E-state index contributed by atoms with van der Waals surface area (Å²) in [6.07, 6.45) is 0. The van der Waals surface area contributed by atoms with Crippen molar-refractivity contribution < 1.29 is 4.39 Å². The Bertz CT molecular complexity index is 798. The highest BCUT2D eigenvalue weighted by Gasteiger charge is 2.16. The van der Waals surface area contributed by atoms with Gasteiger partial charge < -0.3 is 0 Å². The maximum absolute atomic E-state index is 13.6. The molecule has 1 heterocycles. The van der Waals surface area contributed by atoms with Gasteiger partial charge in [-0.05, 0) is 19.1 Å². The van der Waals surface area contributed by atoms with Gasteiger partial charge in [-0.3, -0.25) is 0 Å². The molecule has 0 N–H and O–H groups in total. The fourth-order valence-corrected chi connectivity index (χ4v) is 2.48. The molecule has 0 saturated heterocycles. The van der Waals surface area contributed by atoms with Gasteiger partial charge in [0, 0.05) is 17.2 Å². The van der Waals surface area contributed by atoms with Crippen LogP contribution in [0.2, 0.25) is 10.2 Å². The second-order valence-corrected chi connectivity index (χ2v) is 5.41. The highest BCUT2D eigenvalue weighted by Crippen LogP contribution is 2.30. The molecule has 2 nitrogen and oxygen atoms in total. The van der Waals surface area contributed by atoms with Crippen LogP contribution in [0.3, 0.4) is 0 Å². The van der Waals surface area contributed by atoms with Gasteiger partial charge in [0.15, 0.2) is 0 Å². The zero-order valence-corrected chi connectivity index (χ0v) is 12.7. The number of hydrogen-bond donors (Lipinski definition) is 0. The van der Waals surface area contributed by atoms with Crippen LogP contribution >= 0.6 is 23.2 Å². The third-order valence-electron chi connectivity index (χ3n) is 3.25. The Hall–Kier alpha value is -1.84. The molecule has 2 aromatic carbocycles. The largest absolute Gasteiger partial charge is 0.221 e. The van der Waals surface area contributed by atoms with Crippen molar-refractivity contribution in [2.75, 3.05) is 0 Å². The van der Waals surface area contributed by atoms with Crippen molar-refractivity contribution in [3.8, 4) is 16.9 Å². The van der Waals surface area contributed by atoms with E-state index in [0.29, 0.717) is 10.8 Å². The molecule has 106 valence electrons. The first-order valence-corrected chi connectivity index (χ1v) is 7.09. The van der Waals surface area contributed by atoms with E-state index in [4.69, 9.17) is 23.2 Å². The van der Waals surface area contributed by atoms with Gasteiger partial charge in [0.05, 0.1) is 16.4 Å². The monoisotopic (exact) mass is 320 g/mol. The minimum absolute atomic E-state index is 0.0713. The lowest BCUT2D eigenvalue weighted by Crippen LogP contribution is -1.97. The van der Waals surface area contributed by atoms with Gasteiger partial charge in [0.1, 0.15) is 11.0 Å². The van der Waals surface area contributed by atoms with Crippen molar-refractivity contribution in [1.82, 2.24) is 9.78 Å². The molecule has 3 rings (SSSR count). The van der Waals surface area contributed by atoms with Crippen molar-refractivity contribution in [3.63, 3.8) is 0 Å². The Morgan fingerprint density at radius 2 is 1.76 bits per heavy atom. The highest BCUT2D eigenvalue weighted by atomic mass is 35.5. The number of aromatic nitrogens is 2. The molecule has 0 spiro atoms. The van der Waals surface area contributed by atoms with E-state index in [2.05, 4.69) is 5.10 Å². The summed E-state index contributed by atoms with van der Waals surface area (Å²) >= 11 is 12.0. The van der Waals surface area contributed by atoms with Crippen LogP contribution in [0, 0.1) is 12.7 Å². The van der Waals surface area contributed by atoms with Crippen molar-refractivity contribution in [1.29, 1.82) is 0 Å². The van der Waals surface area contributed by atoms with Crippen LogP contribution < -0.4 is 0 Å². The highest BCUT2D eigenvalue weighted by molar-refractivity contribution is 6.31. The molecule has 3 aromatic rings. The third-order valence-corrected chi connectivity index (χ3v) is 4.00. The van der Waals surface area contributed by atoms with E-state index >= 15 is 0 Å². The van der Waals surface area contributed by atoms with Gasteiger partial charge in [-0.1, -0.05) is 53.5 Å². The molecule has 0 aliphatic heterocycles. The van der Waals surface area contributed by atoms with Crippen molar-refractivity contribution in [3.05, 3.63) is 70.1 Å². The Morgan fingerprint density at radius 1 is 1.05 bits per heavy atom. The lowest BCUT2D eigenvalue weighted by molar-refractivity contribution is 0.626. The van der Waals surface area contributed by atoms with Crippen molar-refractivity contribution >= 4 is 23.2 Å². The number of halogens is 3. The topological polar surface area (TPSA) is 17.8 Å². The van der Waals surface area contributed by atoms with Crippen molar-refractivity contribution in [2.24, 2.45) is 0 Å². The van der Waals surface area contributed by atoms with Gasteiger partial charge in [-0.15, -0.1) is 0 Å². The maximum atomic E-state index is 13.6. The standard InChI is InChI=1S/C16H11Cl2FN2/c1-10-15(11-5-3-2-4-6-11)20-21(16(10)18)12-7-8-13(17)14(19)9-12/h2-9H,1H3. The summed E-state index contributed by atoms with van der Waals surface area (Å²) in [5, 5.41) is 5.02. The summed E-state index contributed by atoms with van der Waals surface area (Å²) < 4.78 is 15.1. The van der Waals surface area contributed by atoms with E-state index in [9.17, 15) is 4.39 Å². The van der Waals surface area contributed by atoms with Gasteiger partial charge in [0.25, 0.3) is 0 Å². The summed E-state index contributed by atoms with van der Waals surface area (Å²) in [5.41, 5.74) is 3.12. The van der Waals surface area contributed by atoms with Crippen molar-refractivity contribution in [2.45, 2.75) is 6.92 Å². The third kappa shape index (κ3) is 2.55. The van der Waals surface area contributed by atoms with Crippen LogP contribution in [-0.4, -0.2) is 9.78 Å². The molecule has 0 bridgehead atoms. The van der Waals surface area contributed by atoms with Crippen LogP contribution in [0.1, 0.15) is 5.56 Å². The molecule has 5 heteroatoms. The van der Waals surface area contributed by atoms with Crippen LogP contribution in [-0.2, 0) is 0 Å². The molecule has 0 saturated carbocycles. The Balaban J connectivity index is 2.15. The average molecular weight is 321 g/mol. The molecule has 21 heavy (non-hydrogen) atoms. The zero-order valence-electron chi connectivity index (χ0n) is 11.1. The van der Waals surface area contributed by atoms with E-state index in [0.717, 1.165) is 16.8 Å². The zero-order chi connectivity index (χ0) is 15.0. The predicted octanol–water partition coefficient (Wildman–Crippen LogP) is 5.29. The number of rotatable bonds is 2. The Kier molecular flexibility index (Phi) is 3.70. The van der Waals surface area contributed by atoms with E-state index in [1.54, 1.807) is 6.07 Å². The average Bonchev–Trinajstić information content (AvgIpc) is 2.79. The molecule has 0 atom stereocenters. The number of nitrogens with zero attached hydrogens (tertiary/aromatic N) is 2. The van der Waals surface area contributed by atoms with Gasteiger partial charge in [-0.2, -0.15) is 5.10 Å². The first-order valence-electron chi connectivity index (χ1n) is 6.34. The first kappa shape index (κ1) is 14.1. The summed E-state index contributed by atoms with van der Waals surface area (Å²) in [4.78, 5) is 0. The summed E-state index contributed by atoms with van der Waals surface area (Å²) in [5.74, 6) is -0.500. The molecular formula is C16H11Cl2FN2. The summed E-state index contributed by atoms with van der Waals surface area (Å²) in [7, 11) is 0. The van der Waals surface area contributed by atoms with E-state index in [-0.39, 0.29) is 5.02 Å². The number of hydrogen-bond acceptors (Lipinski definition) is 1.